The van der Waals surface area contributed by atoms with E-state index in [2.05, 4.69) is 17.3 Å². The van der Waals surface area contributed by atoms with E-state index in [1.54, 1.807) is 0 Å². The lowest BCUT2D eigenvalue weighted by molar-refractivity contribution is -0.150. The lowest BCUT2D eigenvalue weighted by atomic mass is 9.83. The van der Waals surface area contributed by atoms with Gasteiger partial charge in [-0.25, -0.2) is 9.97 Å². The van der Waals surface area contributed by atoms with Gasteiger partial charge >= 0.3 is 0 Å². The van der Waals surface area contributed by atoms with Gasteiger partial charge in [0.1, 0.15) is 17.4 Å². The molecule has 3 aliphatic rings. The highest BCUT2D eigenvalue weighted by Gasteiger charge is 2.46. The average molecular weight is 450 g/mol. The van der Waals surface area contributed by atoms with Gasteiger partial charge in [0.25, 0.3) is 5.91 Å². The quantitative estimate of drug-likeness (QED) is 0.752. The summed E-state index contributed by atoms with van der Waals surface area (Å²) >= 11 is 0. The molecule has 2 aliphatic heterocycles. The second-order valence-corrected chi connectivity index (χ2v) is 9.80. The summed E-state index contributed by atoms with van der Waals surface area (Å²) in [6, 6.07) is 9.81. The van der Waals surface area contributed by atoms with Gasteiger partial charge in [-0.05, 0) is 57.7 Å². The molecule has 1 aromatic carbocycles. The first kappa shape index (κ1) is 22.1. The Morgan fingerprint density at radius 1 is 1.12 bits per heavy atom. The van der Waals surface area contributed by atoms with E-state index >= 15 is 0 Å². The van der Waals surface area contributed by atoms with E-state index in [0.717, 1.165) is 81.2 Å². The van der Waals surface area contributed by atoms with Crippen LogP contribution in [0, 0.1) is 0 Å². The number of likely N-dealkylation sites (N-methyl/N-ethyl adjacent to an activating group) is 1. The number of likely N-dealkylation sites (tertiary alicyclic amines) is 1. The molecule has 2 fully saturated rings. The molecule has 5 rings (SSSR count). The molecule has 1 aromatic heterocycles. The highest BCUT2D eigenvalue weighted by Crippen LogP contribution is 2.37. The smallest absolute Gasteiger partial charge is 0.266 e. The van der Waals surface area contributed by atoms with Crippen molar-refractivity contribution in [3.63, 3.8) is 0 Å². The van der Waals surface area contributed by atoms with Crippen LogP contribution in [0.25, 0.3) is 0 Å². The van der Waals surface area contributed by atoms with Crippen LogP contribution in [-0.4, -0.2) is 65.0 Å². The predicted molar refractivity (Wildman–Crippen MR) is 128 cm³/mol. The van der Waals surface area contributed by atoms with E-state index in [1.165, 1.54) is 12.0 Å². The molecular formula is C26H35N5O2. The van der Waals surface area contributed by atoms with E-state index in [4.69, 9.17) is 14.7 Å². The molecule has 176 valence electrons. The standard InChI is InChI=1S/C26H35N5O2/c1-27-24-21-12-15-30(2)18-22(21)28-23(29-24)19-11-16-31(17-19)25(32)26(13-7-4-8-14-26)33-20-9-5-3-6-10-20/h3,5-6,9-10,19H,4,7-8,11-18H2,1-2H3,(H,27,28,29)/t19-/m0/s1. The average Bonchev–Trinajstić information content (AvgIpc) is 3.34. The number of hydrogen-bond acceptors (Lipinski definition) is 6. The van der Waals surface area contributed by atoms with Gasteiger partial charge in [0, 0.05) is 44.7 Å². The van der Waals surface area contributed by atoms with Crippen molar-refractivity contribution in [1.29, 1.82) is 0 Å². The summed E-state index contributed by atoms with van der Waals surface area (Å²) in [4.78, 5) is 28.0. The third-order valence-corrected chi connectivity index (χ3v) is 7.46. The fourth-order valence-corrected chi connectivity index (χ4v) is 5.61. The zero-order valence-corrected chi connectivity index (χ0v) is 19.8. The van der Waals surface area contributed by atoms with Gasteiger partial charge in [-0.3, -0.25) is 4.79 Å². The normalized spacial score (nSPS) is 22.6. The first-order valence-corrected chi connectivity index (χ1v) is 12.4. The monoisotopic (exact) mass is 449 g/mol. The number of nitrogens with zero attached hydrogens (tertiary/aromatic N) is 4. The molecular weight excluding hydrogens is 414 g/mol. The van der Waals surface area contributed by atoms with E-state index in [9.17, 15) is 4.79 Å². The number of anilines is 1. The molecule has 1 amide bonds. The van der Waals surface area contributed by atoms with Crippen molar-refractivity contribution in [2.75, 3.05) is 39.0 Å². The second-order valence-electron chi connectivity index (χ2n) is 9.80. The largest absolute Gasteiger partial charge is 0.477 e. The molecule has 0 unspecified atom stereocenters. The maximum atomic E-state index is 13.8. The topological polar surface area (TPSA) is 70.6 Å². The Balaban J connectivity index is 1.36. The van der Waals surface area contributed by atoms with Crippen molar-refractivity contribution >= 4 is 11.7 Å². The molecule has 7 nitrogen and oxygen atoms in total. The van der Waals surface area contributed by atoms with Crippen molar-refractivity contribution in [3.05, 3.63) is 47.4 Å². The Kier molecular flexibility index (Phi) is 6.23. The van der Waals surface area contributed by atoms with Crippen molar-refractivity contribution in [2.45, 2.75) is 63.0 Å². The van der Waals surface area contributed by atoms with E-state index in [-0.39, 0.29) is 11.8 Å². The minimum atomic E-state index is -0.746. The first-order chi connectivity index (χ1) is 16.1. The van der Waals surface area contributed by atoms with Gasteiger partial charge in [-0.2, -0.15) is 0 Å². The molecule has 1 saturated carbocycles. The van der Waals surface area contributed by atoms with Crippen molar-refractivity contribution in [2.24, 2.45) is 0 Å². The SMILES string of the molecule is CNc1nc([C@H]2CCN(C(=O)C3(Oc4ccccc4)CCCCC3)C2)nc2c1CCN(C)C2. The molecule has 0 spiro atoms. The summed E-state index contributed by atoms with van der Waals surface area (Å²) in [5.41, 5.74) is 1.62. The summed E-state index contributed by atoms with van der Waals surface area (Å²) in [6.45, 7) is 3.28. The van der Waals surface area contributed by atoms with Crippen LogP contribution >= 0.6 is 0 Å². The number of rotatable bonds is 5. The molecule has 0 bridgehead atoms. The summed E-state index contributed by atoms with van der Waals surface area (Å²) in [5, 5.41) is 3.28. The highest BCUT2D eigenvalue weighted by atomic mass is 16.5. The zero-order valence-electron chi connectivity index (χ0n) is 19.8. The molecule has 1 atom stereocenters. The first-order valence-electron chi connectivity index (χ1n) is 12.4. The van der Waals surface area contributed by atoms with E-state index in [1.807, 2.05) is 42.3 Å². The van der Waals surface area contributed by atoms with Gasteiger partial charge in [0.05, 0.1) is 5.69 Å². The van der Waals surface area contributed by atoms with Gasteiger partial charge in [0.2, 0.25) is 0 Å². The molecule has 7 heteroatoms. The molecule has 1 N–H and O–H groups in total. The van der Waals surface area contributed by atoms with Gasteiger partial charge in [-0.1, -0.05) is 24.6 Å². The van der Waals surface area contributed by atoms with Gasteiger partial charge in [0.15, 0.2) is 5.60 Å². The fraction of sp³-hybridized carbons (Fsp3) is 0.577. The summed E-state index contributed by atoms with van der Waals surface area (Å²) < 4.78 is 6.44. The van der Waals surface area contributed by atoms with Crippen molar-refractivity contribution in [3.8, 4) is 5.75 Å². The third kappa shape index (κ3) is 4.43. The lowest BCUT2D eigenvalue weighted by Crippen LogP contribution is -2.53. The summed E-state index contributed by atoms with van der Waals surface area (Å²) in [6.07, 6.45) is 6.66. The van der Waals surface area contributed by atoms with Crippen LogP contribution in [-0.2, 0) is 17.8 Å². The van der Waals surface area contributed by atoms with Crippen molar-refractivity contribution in [1.82, 2.24) is 19.8 Å². The summed E-state index contributed by atoms with van der Waals surface area (Å²) in [7, 11) is 4.07. The third-order valence-electron chi connectivity index (χ3n) is 7.46. The van der Waals surface area contributed by atoms with E-state index in [0.29, 0.717) is 6.54 Å². The Hall–Kier alpha value is -2.67. The minimum Gasteiger partial charge on any atom is -0.477 e. The van der Waals surface area contributed by atoms with Crippen LogP contribution in [0.1, 0.15) is 61.5 Å². The van der Waals surface area contributed by atoms with Gasteiger partial charge in [-0.15, -0.1) is 0 Å². The van der Waals surface area contributed by atoms with Crippen LogP contribution in [0.3, 0.4) is 0 Å². The number of para-hydroxylation sites is 1. The number of benzene rings is 1. The number of fused-ring (bicyclic) bond motifs is 1. The maximum absolute atomic E-state index is 13.8. The highest BCUT2D eigenvalue weighted by molar-refractivity contribution is 5.86. The Bertz CT molecular complexity index is 990. The van der Waals surface area contributed by atoms with Crippen LogP contribution in [0.4, 0.5) is 5.82 Å². The fourth-order valence-electron chi connectivity index (χ4n) is 5.61. The Morgan fingerprint density at radius 2 is 1.91 bits per heavy atom. The number of hydrogen-bond donors (Lipinski definition) is 1. The Morgan fingerprint density at radius 3 is 2.67 bits per heavy atom. The van der Waals surface area contributed by atoms with Crippen LogP contribution < -0.4 is 10.1 Å². The predicted octanol–water partition coefficient (Wildman–Crippen LogP) is 3.60. The van der Waals surface area contributed by atoms with Crippen LogP contribution in [0.2, 0.25) is 0 Å². The molecule has 3 heterocycles. The molecule has 1 saturated heterocycles. The number of ether oxygens (including phenoxy) is 1. The van der Waals surface area contributed by atoms with Gasteiger partial charge < -0.3 is 19.9 Å². The number of carbonyl (C=O) groups is 1. The van der Waals surface area contributed by atoms with Crippen LogP contribution in [0.15, 0.2) is 30.3 Å². The van der Waals surface area contributed by atoms with E-state index < -0.39 is 5.60 Å². The maximum Gasteiger partial charge on any atom is 0.266 e. The molecule has 1 aliphatic carbocycles. The number of aromatic nitrogens is 2. The second kappa shape index (κ2) is 9.29. The number of amides is 1. The summed E-state index contributed by atoms with van der Waals surface area (Å²) in [5.74, 6) is 2.90. The minimum absolute atomic E-state index is 0.139. The number of nitrogens with one attached hydrogen (secondary N) is 1. The van der Waals surface area contributed by atoms with Crippen LogP contribution in [0.5, 0.6) is 5.75 Å². The number of carbonyl (C=O) groups excluding carboxylic acids is 1. The Labute approximate surface area is 196 Å². The molecule has 33 heavy (non-hydrogen) atoms. The zero-order chi connectivity index (χ0) is 22.8. The lowest BCUT2D eigenvalue weighted by Gasteiger charge is -2.39. The van der Waals surface area contributed by atoms with Crippen molar-refractivity contribution < 1.29 is 9.53 Å². The molecule has 0 radical (unpaired) electrons. The molecule has 2 aromatic rings.